The summed E-state index contributed by atoms with van der Waals surface area (Å²) in [5.74, 6) is 1.76. The second kappa shape index (κ2) is 11.1. The van der Waals surface area contributed by atoms with Gasteiger partial charge >= 0.3 is 0 Å². The van der Waals surface area contributed by atoms with Crippen LogP contribution >= 0.6 is 0 Å². The topological polar surface area (TPSA) is 9.23 Å². The monoisotopic (exact) mass is 336 g/mol. The molecule has 3 aromatic rings. The number of rotatable bonds is 2. The fourth-order valence-electron chi connectivity index (χ4n) is 1.99. The molecule has 0 aromatic heterocycles. The normalized spacial score (nSPS) is 8.96. The van der Waals surface area contributed by atoms with E-state index in [0.29, 0.717) is 0 Å². The number of aryl methyl sites for hydroxylation is 4. The summed E-state index contributed by atoms with van der Waals surface area (Å²) in [6, 6.07) is 24.6. The first-order valence-corrected chi connectivity index (χ1v) is 7.87. The Bertz CT molecular complexity index is 643. The fraction of sp³-hybridized carbons (Fsp3) is 0.250. The highest BCUT2D eigenvalue weighted by Gasteiger charge is 1.95. The van der Waals surface area contributed by atoms with Crippen molar-refractivity contribution >= 4 is 0 Å². The van der Waals surface area contributed by atoms with Gasteiger partial charge in [0.25, 0.3) is 0 Å². The molecule has 0 heterocycles. The standard InChI is InChI=1S/C14H14O.C8H10.2CH4/c1-11-3-7-13(8-4-11)15-14-9-5-12(2)6-10-14;1-7-3-5-8(2)6-4-7;;/h3-10H,1-2H3;3-6H,1-2H3;2*1H4. The lowest BCUT2D eigenvalue weighted by molar-refractivity contribution is 0.482. The molecule has 0 N–H and O–H groups in total. The first-order valence-electron chi connectivity index (χ1n) is 7.87. The smallest absolute Gasteiger partial charge is 0.127 e. The highest BCUT2D eigenvalue weighted by Crippen LogP contribution is 2.21. The van der Waals surface area contributed by atoms with Crippen LogP contribution in [0.4, 0.5) is 0 Å². The molecule has 0 spiro atoms. The third kappa shape index (κ3) is 8.21. The van der Waals surface area contributed by atoms with Crippen molar-refractivity contribution in [3.63, 3.8) is 0 Å². The first kappa shape index (κ1) is 22.5. The van der Waals surface area contributed by atoms with Gasteiger partial charge in [0.05, 0.1) is 0 Å². The van der Waals surface area contributed by atoms with Gasteiger partial charge in [-0.2, -0.15) is 0 Å². The molecule has 3 rings (SSSR count). The molecule has 134 valence electrons. The van der Waals surface area contributed by atoms with Crippen LogP contribution in [-0.4, -0.2) is 0 Å². The summed E-state index contributed by atoms with van der Waals surface area (Å²) in [6.45, 7) is 8.32. The van der Waals surface area contributed by atoms with Gasteiger partial charge in [-0.05, 0) is 52.0 Å². The van der Waals surface area contributed by atoms with E-state index in [1.54, 1.807) is 0 Å². The molecule has 0 atom stereocenters. The van der Waals surface area contributed by atoms with Crippen LogP contribution in [-0.2, 0) is 0 Å². The molecule has 0 aliphatic carbocycles. The second-order valence-electron chi connectivity index (χ2n) is 5.88. The van der Waals surface area contributed by atoms with E-state index < -0.39 is 0 Å². The quantitative estimate of drug-likeness (QED) is 0.466. The molecule has 0 radical (unpaired) electrons. The van der Waals surface area contributed by atoms with Crippen molar-refractivity contribution in [2.75, 3.05) is 0 Å². The lowest BCUT2D eigenvalue weighted by Crippen LogP contribution is -1.84. The summed E-state index contributed by atoms with van der Waals surface area (Å²) in [5, 5.41) is 0. The Morgan fingerprint density at radius 1 is 0.400 bits per heavy atom. The molecule has 0 bridgehead atoms. The van der Waals surface area contributed by atoms with E-state index in [1.807, 2.05) is 48.5 Å². The van der Waals surface area contributed by atoms with Crippen LogP contribution in [0.3, 0.4) is 0 Å². The van der Waals surface area contributed by atoms with Crippen LogP contribution in [0, 0.1) is 27.7 Å². The van der Waals surface area contributed by atoms with E-state index in [9.17, 15) is 0 Å². The van der Waals surface area contributed by atoms with Crippen molar-refractivity contribution in [2.24, 2.45) is 0 Å². The molecule has 0 saturated heterocycles. The summed E-state index contributed by atoms with van der Waals surface area (Å²) in [7, 11) is 0. The van der Waals surface area contributed by atoms with Crippen LogP contribution < -0.4 is 4.74 Å². The predicted molar refractivity (Wildman–Crippen MR) is 112 cm³/mol. The molecule has 0 unspecified atom stereocenters. The van der Waals surface area contributed by atoms with E-state index in [1.165, 1.54) is 22.3 Å². The lowest BCUT2D eigenvalue weighted by Gasteiger charge is -2.05. The van der Waals surface area contributed by atoms with Crippen LogP contribution in [0.15, 0.2) is 72.8 Å². The van der Waals surface area contributed by atoms with Gasteiger partial charge < -0.3 is 4.74 Å². The van der Waals surface area contributed by atoms with Gasteiger partial charge in [0.2, 0.25) is 0 Å². The zero-order valence-corrected chi connectivity index (χ0v) is 14.3. The molecule has 1 nitrogen and oxygen atoms in total. The van der Waals surface area contributed by atoms with Gasteiger partial charge in [-0.25, -0.2) is 0 Å². The third-order valence-electron chi connectivity index (χ3n) is 3.50. The SMILES string of the molecule is C.C.Cc1ccc(C)cc1.Cc1ccc(Oc2ccc(C)cc2)cc1. The van der Waals surface area contributed by atoms with Crippen LogP contribution in [0.5, 0.6) is 11.5 Å². The van der Waals surface area contributed by atoms with Crippen molar-refractivity contribution in [3.05, 3.63) is 95.1 Å². The fourth-order valence-corrected chi connectivity index (χ4v) is 1.99. The average Bonchev–Trinajstić information content (AvgIpc) is 2.55. The number of ether oxygens (including phenoxy) is 1. The molecular weight excluding hydrogens is 304 g/mol. The molecule has 0 aliphatic rings. The first-order chi connectivity index (χ1) is 11.0. The Morgan fingerprint density at radius 3 is 0.840 bits per heavy atom. The zero-order chi connectivity index (χ0) is 16.7. The molecular formula is C24H32O. The summed E-state index contributed by atoms with van der Waals surface area (Å²) < 4.78 is 5.69. The highest BCUT2D eigenvalue weighted by molar-refractivity contribution is 5.33. The van der Waals surface area contributed by atoms with E-state index in [4.69, 9.17) is 4.74 Å². The van der Waals surface area contributed by atoms with E-state index >= 15 is 0 Å². The molecule has 1 heteroatoms. The van der Waals surface area contributed by atoms with Gasteiger partial charge in [-0.1, -0.05) is 85.6 Å². The maximum atomic E-state index is 5.69. The van der Waals surface area contributed by atoms with Crippen molar-refractivity contribution in [1.29, 1.82) is 0 Å². The van der Waals surface area contributed by atoms with Crippen LogP contribution in [0.25, 0.3) is 0 Å². The van der Waals surface area contributed by atoms with Gasteiger partial charge in [-0.15, -0.1) is 0 Å². The molecule has 0 saturated carbocycles. The van der Waals surface area contributed by atoms with Gasteiger partial charge in [-0.3, -0.25) is 0 Å². The Hall–Kier alpha value is -2.54. The Balaban J connectivity index is 0.000000497. The summed E-state index contributed by atoms with van der Waals surface area (Å²) in [6.07, 6.45) is 0. The largest absolute Gasteiger partial charge is 0.457 e. The number of hydrogen-bond acceptors (Lipinski definition) is 1. The van der Waals surface area contributed by atoms with Crippen molar-refractivity contribution < 1.29 is 4.74 Å². The lowest BCUT2D eigenvalue weighted by atomic mass is 10.2. The highest BCUT2D eigenvalue weighted by atomic mass is 16.5. The average molecular weight is 337 g/mol. The summed E-state index contributed by atoms with van der Waals surface area (Å²) >= 11 is 0. The summed E-state index contributed by atoms with van der Waals surface area (Å²) in [4.78, 5) is 0. The van der Waals surface area contributed by atoms with Crippen molar-refractivity contribution in [1.82, 2.24) is 0 Å². The molecule has 3 aromatic carbocycles. The van der Waals surface area contributed by atoms with E-state index in [0.717, 1.165) is 11.5 Å². The van der Waals surface area contributed by atoms with Crippen LogP contribution in [0.1, 0.15) is 37.1 Å². The number of hydrogen-bond donors (Lipinski definition) is 0. The molecule has 0 amide bonds. The minimum Gasteiger partial charge on any atom is -0.457 e. The van der Waals surface area contributed by atoms with E-state index in [2.05, 4.69) is 52.0 Å². The Morgan fingerprint density at radius 2 is 0.600 bits per heavy atom. The second-order valence-corrected chi connectivity index (χ2v) is 5.88. The number of benzene rings is 3. The maximum absolute atomic E-state index is 5.69. The van der Waals surface area contributed by atoms with Gasteiger partial charge in [0, 0.05) is 0 Å². The van der Waals surface area contributed by atoms with Gasteiger partial charge in [0.1, 0.15) is 11.5 Å². The Kier molecular flexibility index (Phi) is 9.96. The van der Waals surface area contributed by atoms with Crippen molar-refractivity contribution in [2.45, 2.75) is 42.5 Å². The zero-order valence-electron chi connectivity index (χ0n) is 14.3. The Labute approximate surface area is 154 Å². The van der Waals surface area contributed by atoms with Gasteiger partial charge in [0.15, 0.2) is 0 Å². The molecule has 25 heavy (non-hydrogen) atoms. The van der Waals surface area contributed by atoms with Crippen molar-refractivity contribution in [3.8, 4) is 11.5 Å². The molecule has 0 aliphatic heterocycles. The predicted octanol–water partition coefficient (Wildman–Crippen LogP) is 7.67. The minimum atomic E-state index is 0. The molecule has 0 fully saturated rings. The maximum Gasteiger partial charge on any atom is 0.127 e. The van der Waals surface area contributed by atoms with E-state index in [-0.39, 0.29) is 14.9 Å². The summed E-state index contributed by atoms with van der Waals surface area (Å²) in [5.41, 5.74) is 5.14. The third-order valence-corrected chi connectivity index (χ3v) is 3.50. The van der Waals surface area contributed by atoms with Crippen LogP contribution in [0.2, 0.25) is 0 Å². The minimum absolute atomic E-state index is 0.